The smallest absolute Gasteiger partial charge is 0.253 e. The highest BCUT2D eigenvalue weighted by molar-refractivity contribution is 7.98. The quantitative estimate of drug-likeness (QED) is 0.792. The Kier molecular flexibility index (Phi) is 5.26. The van der Waals surface area contributed by atoms with E-state index in [1.165, 1.54) is 6.42 Å². The van der Waals surface area contributed by atoms with Crippen molar-refractivity contribution >= 4 is 29.3 Å². The maximum atomic E-state index is 12.5. The molecule has 0 radical (unpaired) electrons. The van der Waals surface area contributed by atoms with Gasteiger partial charge < -0.3 is 5.32 Å². The van der Waals surface area contributed by atoms with Gasteiger partial charge in [0.2, 0.25) is 0 Å². The molecule has 0 aromatic heterocycles. The van der Waals surface area contributed by atoms with Crippen LogP contribution in [0, 0.1) is 11.3 Å². The molecule has 2 rings (SSSR count). The van der Waals surface area contributed by atoms with E-state index in [2.05, 4.69) is 26.1 Å². The molecule has 116 valence electrons. The number of nitrogens with one attached hydrogen (secondary N) is 1. The summed E-state index contributed by atoms with van der Waals surface area (Å²) in [6.07, 6.45) is 5.30. The van der Waals surface area contributed by atoms with Gasteiger partial charge in [0.05, 0.1) is 10.6 Å². The van der Waals surface area contributed by atoms with Gasteiger partial charge in [-0.05, 0) is 55.1 Å². The summed E-state index contributed by atoms with van der Waals surface area (Å²) in [4.78, 5) is 13.6. The Balaban J connectivity index is 2.11. The predicted octanol–water partition coefficient (Wildman–Crippen LogP) is 5.01. The molecule has 21 heavy (non-hydrogen) atoms. The van der Waals surface area contributed by atoms with Crippen molar-refractivity contribution in [2.45, 2.75) is 51.0 Å². The van der Waals surface area contributed by atoms with Crippen molar-refractivity contribution in [3.63, 3.8) is 0 Å². The molecule has 0 saturated heterocycles. The van der Waals surface area contributed by atoms with Crippen LogP contribution in [0.15, 0.2) is 23.1 Å². The van der Waals surface area contributed by atoms with Crippen LogP contribution in [-0.2, 0) is 0 Å². The Labute approximate surface area is 137 Å². The third-order valence-electron chi connectivity index (χ3n) is 4.14. The van der Waals surface area contributed by atoms with Gasteiger partial charge in [-0.3, -0.25) is 4.79 Å². The molecule has 1 aromatic rings. The molecule has 0 heterocycles. The van der Waals surface area contributed by atoms with Gasteiger partial charge in [-0.2, -0.15) is 0 Å². The summed E-state index contributed by atoms with van der Waals surface area (Å²) < 4.78 is 0. The topological polar surface area (TPSA) is 29.1 Å². The molecule has 1 saturated carbocycles. The summed E-state index contributed by atoms with van der Waals surface area (Å²) in [6.45, 7) is 6.83. The molecule has 0 unspecified atom stereocenters. The van der Waals surface area contributed by atoms with E-state index in [9.17, 15) is 4.79 Å². The van der Waals surface area contributed by atoms with Gasteiger partial charge in [0.15, 0.2) is 0 Å². The molecule has 1 N–H and O–H groups in total. The van der Waals surface area contributed by atoms with Gasteiger partial charge >= 0.3 is 0 Å². The van der Waals surface area contributed by atoms with E-state index in [-0.39, 0.29) is 11.9 Å². The summed E-state index contributed by atoms with van der Waals surface area (Å²) >= 11 is 7.80. The van der Waals surface area contributed by atoms with Crippen LogP contribution in [0.1, 0.15) is 50.4 Å². The largest absolute Gasteiger partial charge is 0.349 e. The summed E-state index contributed by atoms with van der Waals surface area (Å²) in [5.74, 6) is 0.595. The number of halogens is 1. The Morgan fingerprint density at radius 3 is 2.71 bits per heavy atom. The number of carbonyl (C=O) groups is 1. The van der Waals surface area contributed by atoms with Crippen molar-refractivity contribution in [2.75, 3.05) is 6.26 Å². The first-order chi connectivity index (χ1) is 9.80. The van der Waals surface area contributed by atoms with Crippen molar-refractivity contribution in [2.24, 2.45) is 11.3 Å². The Bertz CT molecular complexity index is 530. The minimum atomic E-state index is -0.0502. The lowest BCUT2D eigenvalue weighted by molar-refractivity contribution is 0.0874. The molecule has 2 atom stereocenters. The van der Waals surface area contributed by atoms with Crippen LogP contribution >= 0.6 is 23.4 Å². The summed E-state index contributed by atoms with van der Waals surface area (Å²) in [5.41, 5.74) is 0.875. The van der Waals surface area contributed by atoms with Crippen molar-refractivity contribution in [3.05, 3.63) is 28.8 Å². The van der Waals surface area contributed by atoms with E-state index in [1.54, 1.807) is 17.8 Å². The Morgan fingerprint density at radius 2 is 2.10 bits per heavy atom. The van der Waals surface area contributed by atoms with Gasteiger partial charge in [-0.25, -0.2) is 0 Å². The van der Waals surface area contributed by atoms with Crippen molar-refractivity contribution in [1.29, 1.82) is 0 Å². The zero-order valence-corrected chi connectivity index (χ0v) is 14.8. The predicted molar refractivity (Wildman–Crippen MR) is 91.3 cm³/mol. The lowest BCUT2D eigenvalue weighted by Crippen LogP contribution is -2.43. The van der Waals surface area contributed by atoms with Crippen molar-refractivity contribution in [1.82, 2.24) is 5.32 Å². The molecule has 0 bridgehead atoms. The summed E-state index contributed by atoms with van der Waals surface area (Å²) in [5, 5.41) is 3.70. The second kappa shape index (κ2) is 6.62. The molecular weight excluding hydrogens is 302 g/mol. The van der Waals surface area contributed by atoms with Crippen LogP contribution in [0.2, 0.25) is 5.02 Å². The molecule has 1 amide bonds. The van der Waals surface area contributed by atoms with E-state index >= 15 is 0 Å². The van der Waals surface area contributed by atoms with E-state index in [1.807, 2.05) is 18.4 Å². The number of hydrogen-bond donors (Lipinski definition) is 1. The first-order valence-electron chi connectivity index (χ1n) is 7.45. The van der Waals surface area contributed by atoms with Crippen LogP contribution in [0.4, 0.5) is 0 Å². The fourth-order valence-electron chi connectivity index (χ4n) is 3.52. The zero-order chi connectivity index (χ0) is 15.6. The molecule has 4 heteroatoms. The number of thioether (sulfide) groups is 1. The highest BCUT2D eigenvalue weighted by atomic mass is 35.5. The molecule has 1 aliphatic rings. The monoisotopic (exact) mass is 325 g/mol. The SMILES string of the molecule is CSc1ccc(Cl)c(C(=O)N[C@@H]2C[C@@H](C)CC(C)(C)C2)c1. The minimum absolute atomic E-state index is 0.0502. The fraction of sp³-hybridized carbons (Fsp3) is 0.588. The number of amides is 1. The Morgan fingerprint density at radius 1 is 1.38 bits per heavy atom. The highest BCUT2D eigenvalue weighted by Gasteiger charge is 2.33. The van der Waals surface area contributed by atoms with E-state index in [0.29, 0.717) is 21.9 Å². The molecule has 1 fully saturated rings. The third kappa shape index (κ3) is 4.40. The average molecular weight is 326 g/mol. The lowest BCUT2D eigenvalue weighted by atomic mass is 9.70. The van der Waals surface area contributed by atoms with Gasteiger partial charge in [0.25, 0.3) is 5.91 Å². The van der Waals surface area contributed by atoms with Crippen LogP contribution < -0.4 is 5.32 Å². The maximum absolute atomic E-state index is 12.5. The molecule has 1 aromatic carbocycles. The minimum Gasteiger partial charge on any atom is -0.349 e. The summed E-state index contributed by atoms with van der Waals surface area (Å²) in [6, 6.07) is 5.86. The van der Waals surface area contributed by atoms with Crippen LogP contribution in [0.25, 0.3) is 0 Å². The van der Waals surface area contributed by atoms with Gasteiger partial charge in [0, 0.05) is 10.9 Å². The standard InChI is InChI=1S/C17H24ClNOS/c1-11-7-12(10-17(2,3)9-11)19-16(20)14-8-13(21-4)5-6-15(14)18/h5-6,8,11-12H,7,9-10H2,1-4H3,(H,19,20)/t11-,12-/m1/s1. The lowest BCUT2D eigenvalue weighted by Gasteiger charge is -2.39. The normalized spacial score (nSPS) is 24.6. The fourth-order valence-corrected chi connectivity index (χ4v) is 4.17. The van der Waals surface area contributed by atoms with E-state index in [4.69, 9.17) is 11.6 Å². The number of hydrogen-bond acceptors (Lipinski definition) is 2. The molecule has 0 aliphatic heterocycles. The second-order valence-corrected chi connectivity index (χ2v) is 8.22. The highest BCUT2D eigenvalue weighted by Crippen LogP contribution is 2.38. The first kappa shape index (κ1) is 16.7. The van der Waals surface area contributed by atoms with E-state index < -0.39 is 0 Å². The van der Waals surface area contributed by atoms with Crippen LogP contribution in [-0.4, -0.2) is 18.2 Å². The molecular formula is C17H24ClNOS. The van der Waals surface area contributed by atoms with E-state index in [0.717, 1.165) is 17.7 Å². The maximum Gasteiger partial charge on any atom is 0.253 e. The number of carbonyl (C=O) groups excluding carboxylic acids is 1. The van der Waals surface area contributed by atoms with Gasteiger partial charge in [0.1, 0.15) is 0 Å². The molecule has 2 nitrogen and oxygen atoms in total. The number of benzene rings is 1. The van der Waals surface area contributed by atoms with Crippen LogP contribution in [0.3, 0.4) is 0 Å². The summed E-state index contributed by atoms with van der Waals surface area (Å²) in [7, 11) is 0. The first-order valence-corrected chi connectivity index (χ1v) is 9.05. The third-order valence-corrected chi connectivity index (χ3v) is 5.20. The Hall–Kier alpha value is -0.670. The van der Waals surface area contributed by atoms with Crippen molar-refractivity contribution in [3.8, 4) is 0 Å². The molecule has 0 spiro atoms. The van der Waals surface area contributed by atoms with Crippen LogP contribution in [0.5, 0.6) is 0 Å². The van der Waals surface area contributed by atoms with Gasteiger partial charge in [-0.15, -0.1) is 11.8 Å². The average Bonchev–Trinajstić information content (AvgIpc) is 2.36. The second-order valence-electron chi connectivity index (χ2n) is 6.93. The van der Waals surface area contributed by atoms with Gasteiger partial charge in [-0.1, -0.05) is 32.4 Å². The molecule has 1 aliphatic carbocycles. The zero-order valence-electron chi connectivity index (χ0n) is 13.2. The number of rotatable bonds is 3. The van der Waals surface area contributed by atoms with Crippen molar-refractivity contribution < 1.29 is 4.79 Å².